The molecule has 0 spiro atoms. The highest BCUT2D eigenvalue weighted by atomic mass is 35.5. The highest BCUT2D eigenvalue weighted by Crippen LogP contribution is 2.26. The van der Waals surface area contributed by atoms with Gasteiger partial charge in [0.05, 0.1) is 46.8 Å². The molecular weight excluding hydrogens is 379 g/mol. The highest BCUT2D eigenvalue weighted by molar-refractivity contribution is 6.42. The molecule has 0 aliphatic heterocycles. The van der Waals surface area contributed by atoms with Crippen LogP contribution in [0.4, 0.5) is 0 Å². The number of amides is 2. The van der Waals surface area contributed by atoms with E-state index in [2.05, 4.69) is 10.6 Å². The molecule has 3 rings (SSSR count). The van der Waals surface area contributed by atoms with E-state index in [0.29, 0.717) is 11.5 Å². The van der Waals surface area contributed by atoms with Crippen molar-refractivity contribution in [1.82, 2.24) is 10.6 Å². The van der Waals surface area contributed by atoms with Gasteiger partial charge in [-0.15, -0.1) is 0 Å². The molecule has 26 heavy (non-hydrogen) atoms. The smallest absolute Gasteiger partial charge is 0.252 e. The molecule has 0 radical (unpaired) electrons. The Balaban J connectivity index is 1.78. The van der Waals surface area contributed by atoms with E-state index in [1.807, 2.05) is 0 Å². The number of rotatable bonds is 6. The van der Waals surface area contributed by atoms with Gasteiger partial charge in [-0.1, -0.05) is 23.2 Å². The van der Waals surface area contributed by atoms with Gasteiger partial charge in [0.1, 0.15) is 11.5 Å². The second kappa shape index (κ2) is 8.12. The Labute approximate surface area is 159 Å². The van der Waals surface area contributed by atoms with Crippen LogP contribution in [-0.2, 0) is 13.1 Å². The molecule has 0 saturated heterocycles. The molecule has 134 valence electrons. The normalized spacial score (nSPS) is 10.5. The van der Waals surface area contributed by atoms with Crippen LogP contribution in [0, 0.1) is 0 Å². The van der Waals surface area contributed by atoms with Gasteiger partial charge >= 0.3 is 0 Å². The molecule has 0 unspecified atom stereocenters. The van der Waals surface area contributed by atoms with Gasteiger partial charge < -0.3 is 19.5 Å². The summed E-state index contributed by atoms with van der Waals surface area (Å²) in [5.41, 5.74) is 0.228. The minimum Gasteiger partial charge on any atom is -0.467 e. The summed E-state index contributed by atoms with van der Waals surface area (Å²) in [7, 11) is 0. The lowest BCUT2D eigenvalue weighted by atomic mass is 10.1. The predicted octanol–water partition coefficient (Wildman–Crippen LogP) is 4.04. The van der Waals surface area contributed by atoms with Crippen LogP contribution in [0.2, 0.25) is 10.0 Å². The Bertz CT molecular complexity index is 830. The maximum atomic E-state index is 12.5. The van der Waals surface area contributed by atoms with Crippen molar-refractivity contribution in [3.63, 3.8) is 0 Å². The third-order valence-electron chi connectivity index (χ3n) is 3.56. The minimum atomic E-state index is -0.469. The van der Waals surface area contributed by atoms with Crippen LogP contribution in [0.3, 0.4) is 0 Å². The van der Waals surface area contributed by atoms with Gasteiger partial charge in [0.15, 0.2) is 0 Å². The number of carbonyl (C=O) groups is 2. The molecule has 0 saturated carbocycles. The predicted molar refractivity (Wildman–Crippen MR) is 96.2 cm³/mol. The van der Waals surface area contributed by atoms with Gasteiger partial charge in [0.2, 0.25) is 0 Å². The summed E-state index contributed by atoms with van der Waals surface area (Å²) in [6, 6.07) is 9.62. The van der Waals surface area contributed by atoms with Gasteiger partial charge in [-0.2, -0.15) is 0 Å². The summed E-state index contributed by atoms with van der Waals surface area (Å²) in [5.74, 6) is 0.232. The molecule has 2 N–H and O–H groups in total. The van der Waals surface area contributed by atoms with Crippen LogP contribution in [0.15, 0.2) is 57.8 Å². The lowest BCUT2D eigenvalue weighted by molar-refractivity contribution is 0.0914. The van der Waals surface area contributed by atoms with Gasteiger partial charge in [-0.05, 0) is 36.4 Å². The first-order valence-electron chi connectivity index (χ1n) is 7.65. The summed E-state index contributed by atoms with van der Waals surface area (Å²) in [4.78, 5) is 25.0. The summed E-state index contributed by atoms with van der Waals surface area (Å²) in [5, 5.41) is 5.72. The third-order valence-corrected chi connectivity index (χ3v) is 4.28. The van der Waals surface area contributed by atoms with Crippen molar-refractivity contribution in [2.75, 3.05) is 0 Å². The average Bonchev–Trinajstić information content (AvgIpc) is 3.33. The molecule has 2 amide bonds. The molecule has 0 aliphatic rings. The number of halogens is 2. The van der Waals surface area contributed by atoms with Crippen LogP contribution >= 0.6 is 23.2 Å². The Morgan fingerprint density at radius 1 is 0.808 bits per heavy atom. The number of nitrogens with one attached hydrogen (secondary N) is 2. The fraction of sp³-hybridized carbons (Fsp3) is 0.111. The first kappa shape index (κ1) is 18.1. The second-order valence-corrected chi connectivity index (χ2v) is 6.15. The molecule has 2 aromatic heterocycles. The maximum Gasteiger partial charge on any atom is 0.252 e. The lowest BCUT2D eigenvalue weighted by Crippen LogP contribution is -2.29. The van der Waals surface area contributed by atoms with Gasteiger partial charge in [-0.3, -0.25) is 9.59 Å². The molecular formula is C18H14Cl2N2O4. The Kier molecular flexibility index (Phi) is 5.65. The third kappa shape index (κ3) is 4.28. The molecule has 0 bridgehead atoms. The van der Waals surface area contributed by atoms with Crippen LogP contribution in [0.5, 0.6) is 0 Å². The molecule has 8 heteroatoms. The van der Waals surface area contributed by atoms with E-state index in [1.165, 1.54) is 24.7 Å². The van der Waals surface area contributed by atoms with Crippen LogP contribution in [0.1, 0.15) is 32.2 Å². The molecule has 3 aromatic rings. The topological polar surface area (TPSA) is 84.5 Å². The van der Waals surface area contributed by atoms with Crippen LogP contribution in [0.25, 0.3) is 0 Å². The van der Waals surface area contributed by atoms with E-state index >= 15 is 0 Å². The Hall–Kier alpha value is -2.70. The maximum absolute atomic E-state index is 12.5. The zero-order chi connectivity index (χ0) is 18.5. The molecule has 1 aromatic carbocycles. The summed E-state index contributed by atoms with van der Waals surface area (Å²) >= 11 is 12.0. The van der Waals surface area contributed by atoms with Crippen LogP contribution in [-0.4, -0.2) is 11.8 Å². The monoisotopic (exact) mass is 392 g/mol. The van der Waals surface area contributed by atoms with Crippen molar-refractivity contribution in [3.8, 4) is 0 Å². The van der Waals surface area contributed by atoms with Crippen molar-refractivity contribution in [2.45, 2.75) is 13.1 Å². The van der Waals surface area contributed by atoms with E-state index in [9.17, 15) is 9.59 Å². The van der Waals surface area contributed by atoms with Gasteiger partial charge in [0.25, 0.3) is 11.8 Å². The number of carbonyl (C=O) groups excluding carboxylic acids is 2. The zero-order valence-electron chi connectivity index (χ0n) is 13.4. The first-order valence-corrected chi connectivity index (χ1v) is 8.40. The van der Waals surface area contributed by atoms with E-state index in [0.717, 1.165) is 0 Å². The van der Waals surface area contributed by atoms with Gasteiger partial charge in [0, 0.05) is 0 Å². The molecule has 0 fully saturated rings. The number of benzene rings is 1. The van der Waals surface area contributed by atoms with Crippen molar-refractivity contribution in [2.24, 2.45) is 0 Å². The van der Waals surface area contributed by atoms with E-state index in [1.54, 1.807) is 24.3 Å². The molecule has 0 atom stereocenters. The van der Waals surface area contributed by atoms with Crippen LogP contribution < -0.4 is 10.6 Å². The van der Waals surface area contributed by atoms with E-state index in [4.69, 9.17) is 32.0 Å². The zero-order valence-corrected chi connectivity index (χ0v) is 14.9. The minimum absolute atomic E-state index is 0.114. The van der Waals surface area contributed by atoms with Gasteiger partial charge in [-0.25, -0.2) is 0 Å². The largest absolute Gasteiger partial charge is 0.467 e. The van der Waals surface area contributed by atoms with Crippen molar-refractivity contribution in [3.05, 3.63) is 81.6 Å². The van der Waals surface area contributed by atoms with E-state index < -0.39 is 11.8 Å². The average molecular weight is 393 g/mol. The Morgan fingerprint density at radius 3 is 1.58 bits per heavy atom. The molecule has 2 heterocycles. The molecule has 0 aliphatic carbocycles. The van der Waals surface area contributed by atoms with Crippen molar-refractivity contribution < 1.29 is 18.4 Å². The summed E-state index contributed by atoms with van der Waals surface area (Å²) in [6.45, 7) is 0.360. The second-order valence-electron chi connectivity index (χ2n) is 5.34. The van der Waals surface area contributed by atoms with Crippen molar-refractivity contribution in [1.29, 1.82) is 0 Å². The fourth-order valence-electron chi connectivity index (χ4n) is 2.27. The quantitative estimate of drug-likeness (QED) is 0.662. The number of hydrogen-bond acceptors (Lipinski definition) is 4. The molecule has 6 nitrogen and oxygen atoms in total. The number of hydrogen-bond donors (Lipinski definition) is 2. The standard InChI is InChI=1S/C18H14Cl2N2O4/c19-15-7-13(17(23)21-9-11-3-1-5-25-11)14(8-16(15)20)18(24)22-10-12-4-2-6-26-12/h1-8H,9-10H2,(H,21,23)(H,22,24). The highest BCUT2D eigenvalue weighted by Gasteiger charge is 2.20. The number of furan rings is 2. The fourth-order valence-corrected chi connectivity index (χ4v) is 2.60. The van der Waals surface area contributed by atoms with E-state index in [-0.39, 0.29) is 34.3 Å². The summed E-state index contributed by atoms with van der Waals surface area (Å²) < 4.78 is 10.3. The SMILES string of the molecule is O=C(NCc1ccco1)c1cc(Cl)c(Cl)cc1C(=O)NCc1ccco1. The van der Waals surface area contributed by atoms with Crippen molar-refractivity contribution >= 4 is 35.0 Å². The summed E-state index contributed by atoms with van der Waals surface area (Å²) in [6.07, 6.45) is 3.02. The Morgan fingerprint density at radius 2 is 1.23 bits per heavy atom. The lowest BCUT2D eigenvalue weighted by Gasteiger charge is -2.11. The first-order chi connectivity index (χ1) is 12.5.